The highest BCUT2D eigenvalue weighted by Crippen LogP contribution is 2.35. The van der Waals surface area contributed by atoms with Crippen molar-refractivity contribution in [3.05, 3.63) is 72.3 Å². The predicted octanol–water partition coefficient (Wildman–Crippen LogP) is 3.31. The summed E-state index contributed by atoms with van der Waals surface area (Å²) >= 11 is 0. The molecule has 1 aromatic heterocycles. The van der Waals surface area contributed by atoms with E-state index < -0.39 is 11.7 Å². The van der Waals surface area contributed by atoms with Gasteiger partial charge in [-0.3, -0.25) is 9.59 Å². The number of aldehydes is 1. The number of alkyl halides is 1. The van der Waals surface area contributed by atoms with Gasteiger partial charge in [0, 0.05) is 30.5 Å². The van der Waals surface area contributed by atoms with Gasteiger partial charge in [-0.2, -0.15) is 4.98 Å². The number of halogens is 1. The molecule has 2 aromatic carbocycles. The van der Waals surface area contributed by atoms with Gasteiger partial charge in [0.2, 0.25) is 11.9 Å². The smallest absolute Gasteiger partial charge is 0.349 e. The van der Waals surface area contributed by atoms with E-state index in [0.29, 0.717) is 41.8 Å². The maximum absolute atomic E-state index is 15.3. The van der Waals surface area contributed by atoms with Crippen molar-refractivity contribution in [2.75, 3.05) is 43.6 Å². The number of carbonyl (C=O) groups excluding carboxylic acids is 3. The van der Waals surface area contributed by atoms with Crippen LogP contribution in [-0.4, -0.2) is 65.1 Å². The van der Waals surface area contributed by atoms with E-state index in [1.54, 1.807) is 55.6 Å². The Hall–Kier alpha value is -4.58. The van der Waals surface area contributed by atoms with E-state index in [4.69, 9.17) is 10.5 Å². The van der Waals surface area contributed by atoms with Crippen molar-refractivity contribution < 1.29 is 18.8 Å². The van der Waals surface area contributed by atoms with Crippen LogP contribution in [0.4, 0.5) is 32.5 Å². The van der Waals surface area contributed by atoms with E-state index in [1.165, 1.54) is 6.08 Å². The molecule has 11 nitrogen and oxygen atoms in total. The second-order valence-corrected chi connectivity index (χ2v) is 8.67. The molecule has 12 heteroatoms. The number of likely N-dealkylation sites (tertiary alicyclic amines) is 1. The molecule has 200 valence electrons. The lowest BCUT2D eigenvalue weighted by Gasteiger charge is -2.35. The highest BCUT2D eigenvalue weighted by Gasteiger charge is 2.35. The van der Waals surface area contributed by atoms with Crippen LogP contribution >= 0.6 is 0 Å². The molecule has 2 amide bonds. The normalized spacial score (nSPS) is 16.9. The van der Waals surface area contributed by atoms with Gasteiger partial charge in [-0.1, -0.05) is 18.7 Å². The number of aromatic nitrogens is 3. The van der Waals surface area contributed by atoms with Crippen molar-refractivity contribution in [2.24, 2.45) is 0 Å². The van der Waals surface area contributed by atoms with E-state index in [0.717, 1.165) is 17.6 Å². The lowest BCUT2D eigenvalue weighted by atomic mass is 9.87. The van der Waals surface area contributed by atoms with Gasteiger partial charge >= 0.3 is 6.03 Å². The molecule has 0 bridgehead atoms. The van der Waals surface area contributed by atoms with E-state index in [9.17, 15) is 9.59 Å². The summed E-state index contributed by atoms with van der Waals surface area (Å²) in [7, 11) is 3.47. The largest absolute Gasteiger partial charge is 0.368 e. The fourth-order valence-corrected chi connectivity index (χ4v) is 3.98. The molecule has 0 spiro atoms. The number of piperidine rings is 1. The summed E-state index contributed by atoms with van der Waals surface area (Å²) in [4.78, 5) is 39.4. The van der Waals surface area contributed by atoms with Crippen molar-refractivity contribution in [2.45, 2.75) is 18.5 Å². The minimum absolute atomic E-state index is 0.105. The summed E-state index contributed by atoms with van der Waals surface area (Å²) in [6, 6.07) is 12.7. The van der Waals surface area contributed by atoms with Crippen molar-refractivity contribution in [3.8, 4) is 0 Å². The van der Waals surface area contributed by atoms with Crippen molar-refractivity contribution in [1.29, 1.82) is 0 Å². The lowest BCUT2D eigenvalue weighted by Crippen LogP contribution is -2.41. The topological polar surface area (TPSA) is 147 Å². The van der Waals surface area contributed by atoms with Crippen LogP contribution < -0.4 is 21.7 Å². The van der Waals surface area contributed by atoms with Gasteiger partial charge in [-0.05, 0) is 74.5 Å². The van der Waals surface area contributed by atoms with Crippen molar-refractivity contribution in [3.63, 3.8) is 0 Å². The molecule has 38 heavy (non-hydrogen) atoms. The Bertz CT molecular complexity index is 1270. The number of likely N-dealkylation sites (N-methyl/N-ethyl adjacent to an activating group) is 1. The average molecular weight is 523 g/mol. The second-order valence-electron chi connectivity index (χ2n) is 8.67. The molecule has 5 N–H and O–H groups in total. The summed E-state index contributed by atoms with van der Waals surface area (Å²) in [5.74, 6) is -0.182. The van der Waals surface area contributed by atoms with Crippen molar-refractivity contribution >= 4 is 41.5 Å². The summed E-state index contributed by atoms with van der Waals surface area (Å²) in [6.07, 6.45) is 3.11. The summed E-state index contributed by atoms with van der Waals surface area (Å²) in [6.45, 7) is 4.34. The van der Waals surface area contributed by atoms with Crippen molar-refractivity contribution in [1.82, 2.24) is 25.0 Å². The van der Waals surface area contributed by atoms with Crippen LogP contribution in [0.15, 0.2) is 61.2 Å². The SMILES string of the molecule is C=CC=O.CNC(=O)c1ccc(Nc2nc(N)n(C(=O)Nc3ccc(C4(F)CCCN(C)C4)cc3)n2)cc1. The zero-order valence-corrected chi connectivity index (χ0v) is 21.3. The standard InChI is InChI=1S/C23H27FN8O2.C3H4O/c1-26-19(33)15-4-8-17(9-5-15)27-21-29-20(25)32(30-21)22(34)28-18-10-6-16(7-11-18)23(24)12-3-13-31(2)14-23;1-2-3-4/h4-11H,3,12-14H2,1-2H3,(H,26,33)(H,28,34)(H3,25,27,29,30);2-3H,1H2. The van der Waals surface area contributed by atoms with Gasteiger partial charge in [0.1, 0.15) is 12.0 Å². The minimum Gasteiger partial charge on any atom is -0.368 e. The third-order valence-electron chi connectivity index (χ3n) is 5.84. The Balaban J connectivity index is 0.000000934. The number of nitrogens with two attached hydrogens (primary N) is 1. The first-order valence-corrected chi connectivity index (χ1v) is 11.9. The van der Waals surface area contributed by atoms with Crippen LogP contribution in [0.2, 0.25) is 0 Å². The number of nitrogens with one attached hydrogen (secondary N) is 3. The number of hydrogen-bond acceptors (Lipinski definition) is 8. The zero-order valence-electron chi connectivity index (χ0n) is 21.3. The van der Waals surface area contributed by atoms with E-state index >= 15 is 4.39 Å². The number of allylic oxidation sites excluding steroid dienone is 1. The molecule has 1 aliphatic heterocycles. The molecule has 1 atom stereocenters. The Labute approximate surface area is 219 Å². The fourth-order valence-electron chi connectivity index (χ4n) is 3.98. The Morgan fingerprint density at radius 3 is 2.34 bits per heavy atom. The number of rotatable bonds is 6. The monoisotopic (exact) mass is 522 g/mol. The average Bonchev–Trinajstić information content (AvgIpc) is 3.28. The van der Waals surface area contributed by atoms with Gasteiger partial charge in [-0.15, -0.1) is 9.78 Å². The molecular formula is C26H31FN8O3. The van der Waals surface area contributed by atoms with E-state index in [1.807, 2.05) is 11.9 Å². The number of benzene rings is 2. The van der Waals surface area contributed by atoms with Gasteiger partial charge in [0.05, 0.1) is 0 Å². The minimum atomic E-state index is -1.40. The van der Waals surface area contributed by atoms with Crippen LogP contribution in [0.25, 0.3) is 0 Å². The number of anilines is 4. The number of amides is 2. The molecule has 0 aliphatic carbocycles. The zero-order chi connectivity index (χ0) is 27.7. The highest BCUT2D eigenvalue weighted by molar-refractivity contribution is 5.94. The first-order valence-electron chi connectivity index (χ1n) is 11.9. The molecule has 2 heterocycles. The Kier molecular flexibility index (Phi) is 9.28. The van der Waals surface area contributed by atoms with Gasteiger partial charge < -0.3 is 26.6 Å². The maximum Gasteiger partial charge on any atom is 0.349 e. The number of nitrogen functional groups attached to an aromatic ring is 1. The number of carbonyl (C=O) groups is 3. The second kappa shape index (κ2) is 12.6. The van der Waals surface area contributed by atoms with E-state index in [2.05, 4.69) is 32.6 Å². The molecule has 3 aromatic rings. The van der Waals surface area contributed by atoms with Gasteiger partial charge in [0.25, 0.3) is 5.91 Å². The Morgan fingerprint density at radius 2 is 1.76 bits per heavy atom. The molecule has 0 radical (unpaired) electrons. The van der Waals surface area contributed by atoms with Crippen LogP contribution in [0.3, 0.4) is 0 Å². The quantitative estimate of drug-likeness (QED) is 0.285. The summed E-state index contributed by atoms with van der Waals surface area (Å²) in [5, 5.41) is 12.3. The van der Waals surface area contributed by atoms with E-state index in [-0.39, 0.29) is 17.8 Å². The molecule has 1 unspecified atom stereocenters. The van der Waals surface area contributed by atoms with Crippen LogP contribution in [0.1, 0.15) is 28.8 Å². The number of nitrogens with zero attached hydrogens (tertiary/aromatic N) is 4. The molecule has 4 rings (SSSR count). The van der Waals surface area contributed by atoms with Gasteiger partial charge in [-0.25, -0.2) is 9.18 Å². The third kappa shape index (κ3) is 7.01. The number of hydrogen-bond donors (Lipinski definition) is 4. The predicted molar refractivity (Wildman–Crippen MR) is 144 cm³/mol. The maximum atomic E-state index is 15.3. The summed E-state index contributed by atoms with van der Waals surface area (Å²) < 4.78 is 16.3. The molecule has 1 saturated heterocycles. The lowest BCUT2D eigenvalue weighted by molar-refractivity contribution is -0.104. The van der Waals surface area contributed by atoms with Crippen LogP contribution in [0.5, 0.6) is 0 Å². The summed E-state index contributed by atoms with van der Waals surface area (Å²) in [5.41, 5.74) is 6.66. The van der Waals surface area contributed by atoms with Gasteiger partial charge in [0.15, 0.2) is 0 Å². The first kappa shape index (κ1) is 28.0. The highest BCUT2D eigenvalue weighted by atomic mass is 19.1. The Morgan fingerprint density at radius 1 is 1.13 bits per heavy atom. The van der Waals surface area contributed by atoms with Crippen LogP contribution in [0, 0.1) is 0 Å². The third-order valence-corrected chi connectivity index (χ3v) is 5.84. The molecular weight excluding hydrogens is 491 g/mol. The first-order chi connectivity index (χ1) is 18.2. The fraction of sp³-hybridized carbons (Fsp3) is 0.269. The molecule has 1 fully saturated rings. The molecule has 0 saturated carbocycles. The van der Waals surface area contributed by atoms with Crippen LogP contribution in [-0.2, 0) is 10.5 Å². The molecule has 1 aliphatic rings.